The van der Waals surface area contributed by atoms with Gasteiger partial charge in [0, 0.05) is 12.0 Å². The Morgan fingerprint density at radius 3 is 2.70 bits per heavy atom. The van der Waals surface area contributed by atoms with Crippen LogP contribution in [0.5, 0.6) is 5.75 Å². The van der Waals surface area contributed by atoms with E-state index in [9.17, 15) is 4.79 Å². The van der Waals surface area contributed by atoms with Crippen LogP contribution in [0, 0.1) is 5.41 Å². The maximum atomic E-state index is 11.8. The van der Waals surface area contributed by atoms with E-state index in [0.717, 1.165) is 11.3 Å². The summed E-state index contributed by atoms with van der Waals surface area (Å²) in [4.78, 5) is 11.8. The molecule has 1 N–H and O–H groups in total. The van der Waals surface area contributed by atoms with Crippen molar-refractivity contribution in [1.82, 2.24) is 5.32 Å². The first-order chi connectivity index (χ1) is 9.50. The lowest BCUT2D eigenvalue weighted by molar-refractivity contribution is -0.128. The number of amides is 1. The van der Waals surface area contributed by atoms with Gasteiger partial charge < -0.3 is 14.8 Å². The van der Waals surface area contributed by atoms with E-state index < -0.39 is 0 Å². The van der Waals surface area contributed by atoms with Crippen molar-refractivity contribution in [2.24, 2.45) is 5.41 Å². The fraction of sp³-hybridized carbons (Fsp3) is 0.562. The van der Waals surface area contributed by atoms with Gasteiger partial charge in [-0.3, -0.25) is 4.79 Å². The molecule has 4 heteroatoms. The summed E-state index contributed by atoms with van der Waals surface area (Å²) in [6.07, 6.45) is 0. The Morgan fingerprint density at radius 2 is 2.10 bits per heavy atom. The van der Waals surface area contributed by atoms with Crippen molar-refractivity contribution in [1.29, 1.82) is 0 Å². The third-order valence-electron chi connectivity index (χ3n) is 3.51. The summed E-state index contributed by atoms with van der Waals surface area (Å²) in [5, 5.41) is 2.90. The van der Waals surface area contributed by atoms with Crippen LogP contribution in [0.15, 0.2) is 24.3 Å². The molecule has 1 aliphatic rings. The van der Waals surface area contributed by atoms with E-state index in [1.807, 2.05) is 24.3 Å². The summed E-state index contributed by atoms with van der Waals surface area (Å²) < 4.78 is 10.8. The zero-order valence-electron chi connectivity index (χ0n) is 12.4. The van der Waals surface area contributed by atoms with Crippen LogP contribution >= 0.6 is 0 Å². The highest BCUT2D eigenvalue weighted by Gasteiger charge is 2.33. The van der Waals surface area contributed by atoms with E-state index in [0.29, 0.717) is 25.7 Å². The third-order valence-corrected chi connectivity index (χ3v) is 3.51. The molecule has 1 saturated heterocycles. The number of rotatable bonds is 6. The summed E-state index contributed by atoms with van der Waals surface area (Å²) >= 11 is 0. The minimum absolute atomic E-state index is 0.0562. The molecule has 0 radical (unpaired) electrons. The number of hydrogen-bond acceptors (Lipinski definition) is 3. The highest BCUT2D eigenvalue weighted by molar-refractivity contribution is 5.77. The smallest absolute Gasteiger partial charge is 0.257 e. The van der Waals surface area contributed by atoms with E-state index in [-0.39, 0.29) is 17.9 Å². The monoisotopic (exact) mass is 277 g/mol. The van der Waals surface area contributed by atoms with Gasteiger partial charge in [0.15, 0.2) is 6.61 Å². The number of hydrogen-bond donors (Lipinski definition) is 1. The van der Waals surface area contributed by atoms with Gasteiger partial charge >= 0.3 is 0 Å². The summed E-state index contributed by atoms with van der Waals surface area (Å²) in [5.74, 6) is 1.08. The second kappa shape index (κ2) is 6.27. The molecule has 20 heavy (non-hydrogen) atoms. The van der Waals surface area contributed by atoms with Gasteiger partial charge in [-0.05, 0) is 17.5 Å². The normalized spacial score (nSPS) is 16.6. The predicted octanol–water partition coefficient (Wildman–Crippen LogP) is 2.34. The lowest BCUT2D eigenvalue weighted by Gasteiger charge is -2.37. The van der Waals surface area contributed by atoms with Gasteiger partial charge in [0.2, 0.25) is 0 Å². The molecule has 1 aliphatic heterocycles. The van der Waals surface area contributed by atoms with Crippen molar-refractivity contribution in [3.63, 3.8) is 0 Å². The van der Waals surface area contributed by atoms with Crippen LogP contribution in [0.1, 0.15) is 32.3 Å². The Bertz CT molecular complexity index is 467. The molecule has 1 heterocycles. The van der Waals surface area contributed by atoms with Crippen LogP contribution < -0.4 is 10.1 Å². The summed E-state index contributed by atoms with van der Waals surface area (Å²) in [6, 6.07) is 7.85. The summed E-state index contributed by atoms with van der Waals surface area (Å²) in [5.41, 5.74) is 1.21. The molecule has 1 fully saturated rings. The minimum atomic E-state index is -0.0864. The van der Waals surface area contributed by atoms with Crippen molar-refractivity contribution in [2.75, 3.05) is 26.4 Å². The fourth-order valence-electron chi connectivity index (χ4n) is 2.15. The molecule has 2 rings (SSSR count). The minimum Gasteiger partial charge on any atom is -0.483 e. The lowest BCUT2D eigenvalue weighted by atomic mass is 9.89. The van der Waals surface area contributed by atoms with Gasteiger partial charge in [0.05, 0.1) is 13.2 Å². The average Bonchev–Trinajstić information content (AvgIpc) is 2.41. The molecule has 1 aromatic rings. The number of ether oxygens (including phenoxy) is 2. The topological polar surface area (TPSA) is 47.6 Å². The molecule has 110 valence electrons. The number of carbonyl (C=O) groups is 1. The fourth-order valence-corrected chi connectivity index (χ4v) is 2.15. The number of benzene rings is 1. The second-order valence-corrected chi connectivity index (χ2v) is 6.06. The average molecular weight is 277 g/mol. The SMILES string of the molecule is CC(C)c1ccccc1OCC(=O)NCC1(C)COC1. The zero-order valence-corrected chi connectivity index (χ0v) is 12.4. The van der Waals surface area contributed by atoms with Gasteiger partial charge in [-0.15, -0.1) is 0 Å². The molecule has 0 saturated carbocycles. The quantitative estimate of drug-likeness (QED) is 0.868. The maximum absolute atomic E-state index is 11.8. The van der Waals surface area contributed by atoms with E-state index in [1.54, 1.807) is 0 Å². The molecule has 0 aromatic heterocycles. The standard InChI is InChI=1S/C16H23NO3/c1-12(2)13-6-4-5-7-14(13)20-8-15(18)17-9-16(3)10-19-11-16/h4-7,12H,8-11H2,1-3H3,(H,17,18). The van der Waals surface area contributed by atoms with Crippen LogP contribution in [0.3, 0.4) is 0 Å². The Kier molecular flexibility index (Phi) is 4.65. The molecule has 0 bridgehead atoms. The van der Waals surface area contributed by atoms with Gasteiger partial charge in [-0.25, -0.2) is 0 Å². The van der Waals surface area contributed by atoms with E-state index in [1.165, 1.54) is 0 Å². The van der Waals surface area contributed by atoms with Gasteiger partial charge in [-0.2, -0.15) is 0 Å². The van der Waals surface area contributed by atoms with Crippen molar-refractivity contribution < 1.29 is 14.3 Å². The molecule has 0 unspecified atom stereocenters. The summed E-state index contributed by atoms with van der Waals surface area (Å²) in [6.45, 7) is 8.45. The van der Waals surface area contributed by atoms with Crippen molar-refractivity contribution >= 4 is 5.91 Å². The first kappa shape index (κ1) is 14.9. The highest BCUT2D eigenvalue weighted by Crippen LogP contribution is 2.26. The van der Waals surface area contributed by atoms with Crippen LogP contribution in [-0.4, -0.2) is 32.3 Å². The molecular formula is C16H23NO3. The van der Waals surface area contributed by atoms with Gasteiger partial charge in [0.1, 0.15) is 5.75 Å². The van der Waals surface area contributed by atoms with Crippen molar-refractivity contribution in [3.8, 4) is 5.75 Å². The molecule has 0 aliphatic carbocycles. The van der Waals surface area contributed by atoms with E-state index in [2.05, 4.69) is 26.1 Å². The van der Waals surface area contributed by atoms with Crippen LogP contribution in [-0.2, 0) is 9.53 Å². The lowest BCUT2D eigenvalue weighted by Crippen LogP contribution is -2.49. The maximum Gasteiger partial charge on any atom is 0.257 e. The van der Waals surface area contributed by atoms with Crippen LogP contribution in [0.4, 0.5) is 0 Å². The molecule has 1 amide bonds. The number of carbonyl (C=O) groups excluding carboxylic acids is 1. The number of para-hydroxylation sites is 1. The molecule has 0 spiro atoms. The molecule has 4 nitrogen and oxygen atoms in total. The first-order valence-corrected chi connectivity index (χ1v) is 7.06. The van der Waals surface area contributed by atoms with Crippen LogP contribution in [0.25, 0.3) is 0 Å². The highest BCUT2D eigenvalue weighted by atomic mass is 16.5. The van der Waals surface area contributed by atoms with Crippen molar-refractivity contribution in [3.05, 3.63) is 29.8 Å². The second-order valence-electron chi connectivity index (χ2n) is 6.06. The largest absolute Gasteiger partial charge is 0.483 e. The zero-order chi connectivity index (χ0) is 14.6. The predicted molar refractivity (Wildman–Crippen MR) is 78.0 cm³/mol. The van der Waals surface area contributed by atoms with E-state index in [4.69, 9.17) is 9.47 Å². The molecule has 1 aromatic carbocycles. The van der Waals surface area contributed by atoms with Gasteiger partial charge in [-0.1, -0.05) is 39.0 Å². The Morgan fingerprint density at radius 1 is 1.40 bits per heavy atom. The Hall–Kier alpha value is -1.55. The molecule has 0 atom stereocenters. The van der Waals surface area contributed by atoms with Gasteiger partial charge in [0.25, 0.3) is 5.91 Å². The Balaban J connectivity index is 1.81. The van der Waals surface area contributed by atoms with E-state index >= 15 is 0 Å². The first-order valence-electron chi connectivity index (χ1n) is 7.06. The third kappa shape index (κ3) is 3.73. The van der Waals surface area contributed by atoms with Crippen LogP contribution in [0.2, 0.25) is 0 Å². The summed E-state index contributed by atoms with van der Waals surface area (Å²) in [7, 11) is 0. The van der Waals surface area contributed by atoms with Crippen molar-refractivity contribution in [2.45, 2.75) is 26.7 Å². The Labute approximate surface area is 120 Å². The molecular weight excluding hydrogens is 254 g/mol. The number of nitrogens with one attached hydrogen (secondary N) is 1.